The van der Waals surface area contributed by atoms with Crippen molar-refractivity contribution in [2.75, 3.05) is 0 Å². The number of hydrogen-bond donors (Lipinski definition) is 0. The monoisotopic (exact) mass is 375 g/mol. The van der Waals surface area contributed by atoms with E-state index in [9.17, 15) is 10.1 Å². The third-order valence-corrected chi connectivity index (χ3v) is 5.67. The van der Waals surface area contributed by atoms with Crippen molar-refractivity contribution in [1.29, 1.82) is 0 Å². The summed E-state index contributed by atoms with van der Waals surface area (Å²) >= 11 is 7.11. The second-order valence-electron chi connectivity index (χ2n) is 4.77. The summed E-state index contributed by atoms with van der Waals surface area (Å²) in [5, 5.41) is 10.9. The van der Waals surface area contributed by atoms with E-state index in [-0.39, 0.29) is 10.6 Å². The Morgan fingerprint density at radius 2 is 2.06 bits per heavy atom. The highest BCUT2D eigenvalue weighted by molar-refractivity contribution is 9.10. The molecule has 0 saturated heterocycles. The fourth-order valence-electron chi connectivity index (χ4n) is 2.54. The number of nitrogens with zero attached hydrogens (tertiary/aromatic N) is 1. The van der Waals surface area contributed by atoms with Gasteiger partial charge in [0.2, 0.25) is 0 Å². The topological polar surface area (TPSA) is 43.1 Å². The molecular formula is C13H15Br2NO2. The third kappa shape index (κ3) is 3.12. The minimum Gasteiger partial charge on any atom is -0.258 e. The van der Waals surface area contributed by atoms with Crippen LogP contribution in [0.25, 0.3) is 0 Å². The SMILES string of the molecule is O=[N+]([O-])c1cccc(CC2CCCCC2Br)c1Br. The smallest absolute Gasteiger partial charge is 0.258 e. The number of nitro benzene ring substituents is 1. The van der Waals surface area contributed by atoms with Crippen LogP contribution in [0, 0.1) is 16.0 Å². The van der Waals surface area contributed by atoms with Crippen LogP contribution in [0.2, 0.25) is 0 Å². The second kappa shape index (κ2) is 6.15. The van der Waals surface area contributed by atoms with Crippen LogP contribution in [0.3, 0.4) is 0 Å². The molecule has 0 heterocycles. The van der Waals surface area contributed by atoms with Gasteiger partial charge in [-0.15, -0.1) is 0 Å². The van der Waals surface area contributed by atoms with Gasteiger partial charge in [-0.25, -0.2) is 0 Å². The fraction of sp³-hybridized carbons (Fsp3) is 0.538. The van der Waals surface area contributed by atoms with Gasteiger partial charge >= 0.3 is 0 Å². The lowest BCUT2D eigenvalue weighted by Crippen LogP contribution is -2.21. The Balaban J connectivity index is 2.18. The molecule has 0 aliphatic heterocycles. The highest BCUT2D eigenvalue weighted by Crippen LogP contribution is 2.36. The molecule has 2 atom stereocenters. The summed E-state index contributed by atoms with van der Waals surface area (Å²) in [5.74, 6) is 0.581. The number of rotatable bonds is 3. The maximum Gasteiger partial charge on any atom is 0.283 e. The first-order valence-electron chi connectivity index (χ1n) is 6.15. The van der Waals surface area contributed by atoms with Crippen molar-refractivity contribution in [2.45, 2.75) is 36.9 Å². The molecule has 3 nitrogen and oxygen atoms in total. The molecule has 1 fully saturated rings. The van der Waals surface area contributed by atoms with Crippen molar-refractivity contribution in [1.82, 2.24) is 0 Å². The van der Waals surface area contributed by atoms with Gasteiger partial charge in [-0.3, -0.25) is 10.1 Å². The quantitative estimate of drug-likeness (QED) is 0.429. The summed E-state index contributed by atoms with van der Waals surface area (Å²) in [6, 6.07) is 5.29. The zero-order chi connectivity index (χ0) is 13.1. The first-order chi connectivity index (χ1) is 8.59. The van der Waals surface area contributed by atoms with Gasteiger partial charge in [0.25, 0.3) is 5.69 Å². The molecule has 2 unspecified atom stereocenters. The minimum atomic E-state index is -0.333. The Morgan fingerprint density at radius 3 is 2.72 bits per heavy atom. The van der Waals surface area contributed by atoms with Gasteiger partial charge in [-0.2, -0.15) is 0 Å². The largest absolute Gasteiger partial charge is 0.283 e. The minimum absolute atomic E-state index is 0.162. The Kier molecular flexibility index (Phi) is 4.78. The Morgan fingerprint density at radius 1 is 1.33 bits per heavy atom. The van der Waals surface area contributed by atoms with Crippen molar-refractivity contribution in [3.63, 3.8) is 0 Å². The van der Waals surface area contributed by atoms with Crippen LogP contribution in [0.15, 0.2) is 22.7 Å². The summed E-state index contributed by atoms with van der Waals surface area (Å²) in [6.45, 7) is 0. The standard InChI is InChI=1S/C13H15Br2NO2/c14-11-6-2-1-4-9(11)8-10-5-3-7-12(13(10)15)16(17)18/h3,5,7,9,11H,1-2,4,6,8H2. The van der Waals surface area contributed by atoms with Crippen LogP contribution >= 0.6 is 31.9 Å². The molecule has 1 aromatic rings. The lowest BCUT2D eigenvalue weighted by molar-refractivity contribution is -0.385. The molecule has 0 amide bonds. The zero-order valence-electron chi connectivity index (χ0n) is 9.94. The van der Waals surface area contributed by atoms with Gasteiger partial charge in [0.15, 0.2) is 0 Å². The van der Waals surface area contributed by atoms with Crippen molar-refractivity contribution in [3.8, 4) is 0 Å². The number of nitro groups is 1. The molecule has 1 saturated carbocycles. The fourth-order valence-corrected chi connectivity index (χ4v) is 3.89. The van der Waals surface area contributed by atoms with E-state index in [4.69, 9.17) is 0 Å². The first-order valence-corrected chi connectivity index (χ1v) is 7.86. The van der Waals surface area contributed by atoms with Crippen LogP contribution in [-0.2, 0) is 6.42 Å². The number of benzene rings is 1. The average Bonchev–Trinajstić information content (AvgIpc) is 2.34. The normalized spacial score (nSPS) is 23.9. The lowest BCUT2D eigenvalue weighted by Gasteiger charge is -2.27. The maximum atomic E-state index is 10.9. The summed E-state index contributed by atoms with van der Waals surface area (Å²) in [5.41, 5.74) is 1.20. The predicted molar refractivity (Wildman–Crippen MR) is 79.2 cm³/mol. The highest BCUT2D eigenvalue weighted by atomic mass is 79.9. The van der Waals surface area contributed by atoms with Gasteiger partial charge in [0, 0.05) is 10.9 Å². The molecule has 1 aromatic carbocycles. The summed E-state index contributed by atoms with van der Waals surface area (Å²) in [7, 11) is 0. The van der Waals surface area contributed by atoms with Crippen LogP contribution in [0.4, 0.5) is 5.69 Å². The van der Waals surface area contributed by atoms with E-state index in [1.807, 2.05) is 6.07 Å². The van der Waals surface area contributed by atoms with Crippen LogP contribution in [-0.4, -0.2) is 9.75 Å². The van der Waals surface area contributed by atoms with Gasteiger partial charge in [-0.05, 0) is 46.7 Å². The van der Waals surface area contributed by atoms with Crippen LogP contribution in [0.1, 0.15) is 31.2 Å². The van der Waals surface area contributed by atoms with Gasteiger partial charge in [0.1, 0.15) is 0 Å². The van der Waals surface area contributed by atoms with E-state index in [0.717, 1.165) is 12.0 Å². The molecule has 1 aliphatic rings. The van der Waals surface area contributed by atoms with Gasteiger partial charge < -0.3 is 0 Å². The molecule has 0 aromatic heterocycles. The molecule has 0 radical (unpaired) electrons. The molecule has 18 heavy (non-hydrogen) atoms. The zero-order valence-corrected chi connectivity index (χ0v) is 13.1. The van der Waals surface area contributed by atoms with Crippen LogP contribution in [0.5, 0.6) is 0 Å². The molecule has 5 heteroatoms. The Bertz CT molecular complexity index is 451. The van der Waals surface area contributed by atoms with E-state index in [1.165, 1.54) is 25.7 Å². The van der Waals surface area contributed by atoms with E-state index in [0.29, 0.717) is 15.2 Å². The molecular weight excluding hydrogens is 362 g/mol. The van der Waals surface area contributed by atoms with Crippen molar-refractivity contribution in [3.05, 3.63) is 38.3 Å². The molecule has 2 rings (SSSR count). The maximum absolute atomic E-state index is 10.9. The molecule has 0 bridgehead atoms. The van der Waals surface area contributed by atoms with Gasteiger partial charge in [0.05, 0.1) is 9.40 Å². The van der Waals surface area contributed by atoms with E-state index >= 15 is 0 Å². The second-order valence-corrected chi connectivity index (χ2v) is 6.74. The molecule has 1 aliphatic carbocycles. The number of hydrogen-bond acceptors (Lipinski definition) is 2. The van der Waals surface area contributed by atoms with E-state index in [2.05, 4.69) is 31.9 Å². The summed E-state index contributed by atoms with van der Waals surface area (Å²) in [4.78, 5) is 11.1. The van der Waals surface area contributed by atoms with Crippen molar-refractivity contribution < 1.29 is 4.92 Å². The van der Waals surface area contributed by atoms with Crippen LogP contribution < -0.4 is 0 Å². The molecule has 0 spiro atoms. The first kappa shape index (κ1) is 14.0. The van der Waals surface area contributed by atoms with E-state index in [1.54, 1.807) is 12.1 Å². The Hall–Kier alpha value is -0.420. The number of alkyl halides is 1. The van der Waals surface area contributed by atoms with Crippen molar-refractivity contribution in [2.24, 2.45) is 5.92 Å². The third-order valence-electron chi connectivity index (χ3n) is 3.55. The Labute approximate surface area is 123 Å². The van der Waals surface area contributed by atoms with E-state index < -0.39 is 0 Å². The summed E-state index contributed by atoms with van der Waals surface area (Å²) < 4.78 is 0.639. The highest BCUT2D eigenvalue weighted by Gasteiger charge is 2.25. The predicted octanol–water partition coefficient (Wildman–Crippen LogP) is 4.85. The lowest BCUT2D eigenvalue weighted by atomic mass is 9.84. The average molecular weight is 377 g/mol. The van der Waals surface area contributed by atoms with Crippen molar-refractivity contribution >= 4 is 37.5 Å². The molecule has 0 N–H and O–H groups in total. The van der Waals surface area contributed by atoms with Gasteiger partial charge in [-0.1, -0.05) is 40.9 Å². The number of halogens is 2. The molecule has 98 valence electrons. The summed E-state index contributed by atoms with van der Waals surface area (Å²) in [6.07, 6.45) is 5.85.